The summed E-state index contributed by atoms with van der Waals surface area (Å²) in [6.07, 6.45) is 0. The number of amides is 2. The van der Waals surface area contributed by atoms with Crippen molar-refractivity contribution in [2.75, 3.05) is 26.2 Å². The summed E-state index contributed by atoms with van der Waals surface area (Å²) in [5.74, 6) is 1.96. The van der Waals surface area contributed by atoms with Crippen molar-refractivity contribution in [3.8, 4) is 0 Å². The summed E-state index contributed by atoms with van der Waals surface area (Å²) in [4.78, 5) is 33.4. The van der Waals surface area contributed by atoms with Crippen LogP contribution in [0.2, 0.25) is 5.02 Å². The van der Waals surface area contributed by atoms with Gasteiger partial charge in [0.05, 0.1) is 0 Å². The highest BCUT2D eigenvalue weighted by Crippen LogP contribution is 2.54. The second-order valence-electron chi connectivity index (χ2n) is 9.52. The lowest BCUT2D eigenvalue weighted by atomic mass is 9.60. The summed E-state index contributed by atoms with van der Waals surface area (Å²) >= 11 is 6.08. The smallest absolute Gasteiger partial charge is 0.270 e. The van der Waals surface area contributed by atoms with Gasteiger partial charge in [0, 0.05) is 50.5 Å². The number of nitrogens with zero attached hydrogens (tertiary/aromatic N) is 4. The summed E-state index contributed by atoms with van der Waals surface area (Å²) < 4.78 is 0. The maximum Gasteiger partial charge on any atom is 0.270 e. The summed E-state index contributed by atoms with van der Waals surface area (Å²) in [5.41, 5.74) is 3.60. The third-order valence-corrected chi connectivity index (χ3v) is 8.11. The third-order valence-electron chi connectivity index (χ3n) is 7.88. The highest BCUT2D eigenvalue weighted by molar-refractivity contribution is 6.31. The topological polar surface area (TPSA) is 98.0 Å². The zero-order valence-corrected chi connectivity index (χ0v) is 18.4. The first-order valence-electron chi connectivity index (χ1n) is 11.2. The van der Waals surface area contributed by atoms with Gasteiger partial charge in [0.15, 0.2) is 0 Å². The van der Waals surface area contributed by atoms with Crippen molar-refractivity contribution in [1.82, 2.24) is 30.2 Å². The SMILES string of the molecule is O=C(c1ccc2n[nH]nc2c1)N1C[C@@H]2C3CN(C(=O)c4cc5ccc(Cl)cc5[nH]4)CC3[C@@H]2C1.[HH].[HH]. The van der Waals surface area contributed by atoms with Crippen LogP contribution >= 0.6 is 11.6 Å². The van der Waals surface area contributed by atoms with Gasteiger partial charge in [-0.15, -0.1) is 0 Å². The van der Waals surface area contributed by atoms with E-state index in [9.17, 15) is 9.59 Å². The molecule has 2 unspecified atom stereocenters. The van der Waals surface area contributed by atoms with Crippen LogP contribution in [0.3, 0.4) is 0 Å². The van der Waals surface area contributed by atoms with E-state index in [0.717, 1.165) is 42.6 Å². The molecule has 2 aliphatic heterocycles. The van der Waals surface area contributed by atoms with Crippen molar-refractivity contribution in [2.45, 2.75) is 0 Å². The van der Waals surface area contributed by atoms with Crippen molar-refractivity contribution in [1.29, 1.82) is 0 Å². The van der Waals surface area contributed by atoms with Gasteiger partial charge >= 0.3 is 0 Å². The van der Waals surface area contributed by atoms with Crippen molar-refractivity contribution >= 4 is 45.4 Å². The van der Waals surface area contributed by atoms with Gasteiger partial charge in [-0.3, -0.25) is 9.59 Å². The number of benzene rings is 2. The lowest BCUT2D eigenvalue weighted by Gasteiger charge is -2.42. The van der Waals surface area contributed by atoms with Gasteiger partial charge in [0.2, 0.25) is 0 Å². The number of carbonyl (C=O) groups excluding carboxylic acids is 2. The minimum atomic E-state index is 0. The Kier molecular flexibility index (Phi) is 3.94. The van der Waals surface area contributed by atoms with E-state index in [4.69, 9.17) is 11.6 Å². The molecule has 1 saturated carbocycles. The van der Waals surface area contributed by atoms with E-state index in [1.807, 2.05) is 46.2 Å². The molecule has 2 aromatic heterocycles. The Morgan fingerprint density at radius 3 is 2.24 bits per heavy atom. The molecule has 7 rings (SSSR count). The Hall–Kier alpha value is -3.39. The predicted molar refractivity (Wildman–Crippen MR) is 127 cm³/mol. The van der Waals surface area contributed by atoms with E-state index in [2.05, 4.69) is 20.4 Å². The van der Waals surface area contributed by atoms with Crippen LogP contribution in [0.5, 0.6) is 0 Å². The minimum absolute atomic E-state index is 0. The number of H-pyrrole nitrogens is 2. The summed E-state index contributed by atoms with van der Waals surface area (Å²) in [5, 5.41) is 12.4. The molecule has 3 fully saturated rings. The van der Waals surface area contributed by atoms with E-state index >= 15 is 0 Å². The Morgan fingerprint density at radius 2 is 1.52 bits per heavy atom. The highest BCUT2D eigenvalue weighted by Gasteiger charge is 2.59. The monoisotopic (exact) mass is 464 g/mol. The van der Waals surface area contributed by atoms with E-state index < -0.39 is 0 Å². The van der Waals surface area contributed by atoms with E-state index in [0.29, 0.717) is 45.5 Å². The van der Waals surface area contributed by atoms with E-state index in [1.54, 1.807) is 6.07 Å². The van der Waals surface area contributed by atoms with Gasteiger partial charge in [0.1, 0.15) is 16.7 Å². The van der Waals surface area contributed by atoms with Crippen LogP contribution in [-0.4, -0.2) is 68.2 Å². The van der Waals surface area contributed by atoms with Crippen LogP contribution in [0.15, 0.2) is 42.5 Å². The third kappa shape index (κ3) is 2.83. The zero-order valence-electron chi connectivity index (χ0n) is 17.7. The van der Waals surface area contributed by atoms with Gasteiger partial charge < -0.3 is 14.8 Å². The first-order valence-corrected chi connectivity index (χ1v) is 11.6. The van der Waals surface area contributed by atoms with Gasteiger partial charge in [-0.25, -0.2) is 0 Å². The molecule has 1 aliphatic carbocycles. The number of aromatic nitrogens is 4. The van der Waals surface area contributed by atoms with Crippen LogP contribution in [0.25, 0.3) is 21.9 Å². The number of rotatable bonds is 2. The van der Waals surface area contributed by atoms with Crippen LogP contribution < -0.4 is 0 Å². The first kappa shape index (κ1) is 19.1. The molecule has 3 aliphatic rings. The molecular formula is C24H25ClN6O2. The fourth-order valence-electron chi connectivity index (χ4n) is 6.25. The molecule has 4 heterocycles. The summed E-state index contributed by atoms with van der Waals surface area (Å²) in [6, 6.07) is 13.0. The molecule has 8 nitrogen and oxygen atoms in total. The van der Waals surface area contributed by atoms with Gasteiger partial charge in [0.25, 0.3) is 11.8 Å². The fraction of sp³-hybridized carbons (Fsp3) is 0.333. The fourth-order valence-corrected chi connectivity index (χ4v) is 6.42. The zero-order chi connectivity index (χ0) is 22.3. The largest absolute Gasteiger partial charge is 0.350 e. The summed E-state index contributed by atoms with van der Waals surface area (Å²) in [7, 11) is 0. The molecule has 2 aromatic carbocycles. The van der Waals surface area contributed by atoms with Gasteiger partial charge in [-0.1, -0.05) is 17.7 Å². The Morgan fingerprint density at radius 1 is 0.848 bits per heavy atom. The van der Waals surface area contributed by atoms with Crippen molar-refractivity contribution < 1.29 is 12.4 Å². The van der Waals surface area contributed by atoms with Crippen molar-refractivity contribution in [3.05, 3.63) is 58.7 Å². The van der Waals surface area contributed by atoms with Crippen LogP contribution in [0.4, 0.5) is 0 Å². The number of fused-ring (bicyclic) bond motifs is 6. The predicted octanol–water partition coefficient (Wildman–Crippen LogP) is 3.67. The summed E-state index contributed by atoms with van der Waals surface area (Å²) in [6.45, 7) is 3.03. The second kappa shape index (κ2) is 6.81. The number of hydrogen-bond donors (Lipinski definition) is 2. The molecule has 33 heavy (non-hydrogen) atoms. The molecule has 4 atom stereocenters. The van der Waals surface area contributed by atoms with Crippen molar-refractivity contribution in [3.63, 3.8) is 0 Å². The Bertz CT molecular complexity index is 1430. The number of likely N-dealkylation sites (tertiary alicyclic amines) is 2. The second-order valence-corrected chi connectivity index (χ2v) is 9.95. The molecule has 170 valence electrons. The quantitative estimate of drug-likeness (QED) is 0.473. The normalized spacial score (nSPS) is 26.0. The lowest BCUT2D eigenvalue weighted by Crippen LogP contribution is -2.44. The number of hydrogen-bond acceptors (Lipinski definition) is 4. The molecule has 4 aromatic rings. The van der Waals surface area contributed by atoms with Crippen LogP contribution in [-0.2, 0) is 0 Å². The van der Waals surface area contributed by atoms with Gasteiger partial charge in [-0.05, 0) is 60.1 Å². The standard InChI is InChI=1S/C24H21ClN6O2.2H2/c25-14-3-1-12-5-22(26-20(12)7-14)24(33)31-10-17-15-8-30(9-16(15)18(17)11-31)23(32)13-2-4-19-21(6-13)28-29-27-19;;/h1-7,15-18,26H,8-11H2,(H,27,28,29);2*1H/t15-,16+,17?,18?;;. The molecule has 0 bridgehead atoms. The molecule has 2 N–H and O–H groups in total. The van der Waals surface area contributed by atoms with E-state index in [-0.39, 0.29) is 14.7 Å². The molecule has 0 radical (unpaired) electrons. The average molecular weight is 465 g/mol. The molecule has 2 amide bonds. The minimum Gasteiger partial charge on any atom is -0.350 e. The maximum atomic E-state index is 13.2. The van der Waals surface area contributed by atoms with Gasteiger partial charge in [-0.2, -0.15) is 15.4 Å². The number of halogens is 1. The van der Waals surface area contributed by atoms with Crippen LogP contribution in [0.1, 0.15) is 23.7 Å². The molecule has 2 saturated heterocycles. The Labute approximate surface area is 196 Å². The van der Waals surface area contributed by atoms with Crippen molar-refractivity contribution in [2.24, 2.45) is 23.7 Å². The number of carbonyl (C=O) groups is 2. The Balaban J connectivity index is 0.00000127. The number of nitrogens with one attached hydrogen (secondary N) is 2. The van der Waals surface area contributed by atoms with Crippen LogP contribution in [0, 0.1) is 23.7 Å². The average Bonchev–Trinajstić information content (AvgIpc) is 3.59. The lowest BCUT2D eigenvalue weighted by molar-refractivity contribution is 0.0629. The van der Waals surface area contributed by atoms with E-state index in [1.165, 1.54) is 0 Å². The molecule has 0 spiro atoms. The molecular weight excluding hydrogens is 440 g/mol. The molecule has 9 heteroatoms. The number of aromatic amines is 2. The first-order chi connectivity index (χ1) is 16.0. The highest BCUT2D eigenvalue weighted by atomic mass is 35.5. The maximum absolute atomic E-state index is 13.2.